The highest BCUT2D eigenvalue weighted by Gasteiger charge is 2.09. The molecule has 6 heteroatoms. The third-order valence-corrected chi connectivity index (χ3v) is 3.89. The second-order valence-corrected chi connectivity index (χ2v) is 6.48. The fourth-order valence-corrected chi connectivity index (χ4v) is 2.89. The molecule has 0 aliphatic carbocycles. The number of thiocarbonyl (C=S) groups is 1. The second kappa shape index (κ2) is 6.70. The normalized spacial score (nSPS) is 11.2. The maximum atomic E-state index is 11.7. The Labute approximate surface area is 114 Å². The van der Waals surface area contributed by atoms with E-state index in [4.69, 9.17) is 18.0 Å². The summed E-state index contributed by atoms with van der Waals surface area (Å²) in [6, 6.07) is 7.07. The van der Waals surface area contributed by atoms with Gasteiger partial charge in [-0.3, -0.25) is 4.72 Å². The average molecular weight is 286 g/mol. The molecular weight excluding hydrogens is 268 g/mol. The molecule has 0 aliphatic rings. The summed E-state index contributed by atoms with van der Waals surface area (Å²) in [5.74, 6) is 0.151. The molecule has 100 valence electrons. The summed E-state index contributed by atoms with van der Waals surface area (Å²) in [6.45, 7) is 1.96. The number of nitrogens with two attached hydrogens (primary N) is 1. The van der Waals surface area contributed by atoms with Crippen molar-refractivity contribution < 1.29 is 8.42 Å². The minimum atomic E-state index is -3.23. The number of anilines is 1. The van der Waals surface area contributed by atoms with Crippen molar-refractivity contribution in [2.45, 2.75) is 26.2 Å². The minimum Gasteiger partial charge on any atom is -0.393 e. The number of hydrogen-bond acceptors (Lipinski definition) is 3. The van der Waals surface area contributed by atoms with Crippen molar-refractivity contribution in [1.29, 1.82) is 0 Å². The van der Waals surface area contributed by atoms with Gasteiger partial charge in [-0.05, 0) is 24.1 Å². The van der Waals surface area contributed by atoms with Crippen LogP contribution in [0.25, 0.3) is 0 Å². The molecule has 0 heterocycles. The van der Waals surface area contributed by atoms with Gasteiger partial charge in [-0.15, -0.1) is 0 Å². The lowest BCUT2D eigenvalue weighted by Crippen LogP contribution is -2.16. The molecule has 0 unspecified atom stereocenters. The summed E-state index contributed by atoms with van der Waals surface area (Å²) in [5, 5.41) is 0. The average Bonchev–Trinajstić information content (AvgIpc) is 2.28. The topological polar surface area (TPSA) is 72.2 Å². The number of nitrogens with one attached hydrogen (secondary N) is 1. The molecule has 3 N–H and O–H groups in total. The predicted molar refractivity (Wildman–Crippen MR) is 79.2 cm³/mol. The number of unbranched alkanes of at least 4 members (excludes halogenated alkanes) is 1. The molecule has 18 heavy (non-hydrogen) atoms. The Balaban J connectivity index is 2.66. The Bertz CT molecular complexity index is 495. The SMILES string of the molecule is CCCCS(=O)(=O)Nc1ccc(CC(N)=S)cc1. The van der Waals surface area contributed by atoms with Crippen molar-refractivity contribution in [2.75, 3.05) is 10.5 Å². The fraction of sp³-hybridized carbons (Fsp3) is 0.417. The molecule has 0 amide bonds. The molecule has 0 saturated carbocycles. The minimum absolute atomic E-state index is 0.151. The third-order valence-electron chi connectivity index (χ3n) is 2.37. The van der Waals surface area contributed by atoms with Gasteiger partial charge < -0.3 is 5.73 Å². The third kappa shape index (κ3) is 5.46. The fourth-order valence-electron chi connectivity index (χ4n) is 1.46. The van der Waals surface area contributed by atoms with Gasteiger partial charge in [0.05, 0.1) is 10.7 Å². The maximum Gasteiger partial charge on any atom is 0.232 e. The van der Waals surface area contributed by atoms with Crippen LogP contribution in [0.1, 0.15) is 25.3 Å². The van der Waals surface area contributed by atoms with Gasteiger partial charge in [0.2, 0.25) is 10.0 Å². The standard InChI is InChI=1S/C12H18N2O2S2/c1-2-3-8-18(15,16)14-11-6-4-10(5-7-11)9-12(13)17/h4-7,14H,2-3,8-9H2,1H3,(H2,13,17). The van der Waals surface area contributed by atoms with Crippen molar-refractivity contribution >= 4 is 32.9 Å². The molecule has 1 aromatic carbocycles. The number of rotatable bonds is 7. The Kier molecular flexibility index (Phi) is 5.55. The van der Waals surface area contributed by atoms with Crippen LogP contribution in [0.5, 0.6) is 0 Å². The molecule has 0 saturated heterocycles. The Morgan fingerprint density at radius 3 is 2.44 bits per heavy atom. The van der Waals surface area contributed by atoms with Gasteiger partial charge in [0, 0.05) is 12.1 Å². The van der Waals surface area contributed by atoms with Crippen molar-refractivity contribution in [3.05, 3.63) is 29.8 Å². The lowest BCUT2D eigenvalue weighted by Gasteiger charge is -2.08. The molecule has 4 nitrogen and oxygen atoms in total. The lowest BCUT2D eigenvalue weighted by atomic mass is 10.1. The van der Waals surface area contributed by atoms with E-state index < -0.39 is 10.0 Å². The first-order valence-corrected chi connectivity index (χ1v) is 7.87. The van der Waals surface area contributed by atoms with E-state index in [0.717, 1.165) is 12.0 Å². The molecule has 0 spiro atoms. The quantitative estimate of drug-likeness (QED) is 0.753. The molecule has 1 rings (SSSR count). The first-order valence-electron chi connectivity index (χ1n) is 5.80. The lowest BCUT2D eigenvalue weighted by molar-refractivity contribution is 0.598. The zero-order valence-electron chi connectivity index (χ0n) is 10.3. The first-order chi connectivity index (χ1) is 8.43. The van der Waals surface area contributed by atoms with Crippen LogP contribution in [0.4, 0.5) is 5.69 Å². The summed E-state index contributed by atoms with van der Waals surface area (Å²) in [4.78, 5) is 0.422. The van der Waals surface area contributed by atoms with Gasteiger partial charge in [-0.2, -0.15) is 0 Å². The van der Waals surface area contributed by atoms with E-state index in [2.05, 4.69) is 4.72 Å². The molecule has 0 aliphatic heterocycles. The molecule has 0 fully saturated rings. The van der Waals surface area contributed by atoms with Gasteiger partial charge in [0.15, 0.2) is 0 Å². The number of benzene rings is 1. The molecule has 0 bridgehead atoms. The van der Waals surface area contributed by atoms with Gasteiger partial charge in [0.1, 0.15) is 0 Å². The second-order valence-electron chi connectivity index (χ2n) is 4.11. The zero-order chi connectivity index (χ0) is 13.6. The molecule has 1 aromatic rings. The van der Waals surface area contributed by atoms with E-state index in [9.17, 15) is 8.42 Å². The highest BCUT2D eigenvalue weighted by atomic mass is 32.2. The highest BCUT2D eigenvalue weighted by molar-refractivity contribution is 7.92. The van der Waals surface area contributed by atoms with Crippen LogP contribution in [0.2, 0.25) is 0 Å². The van der Waals surface area contributed by atoms with Crippen LogP contribution in [0, 0.1) is 0 Å². The van der Waals surface area contributed by atoms with E-state index in [1.54, 1.807) is 12.1 Å². The Morgan fingerprint density at radius 1 is 1.33 bits per heavy atom. The smallest absolute Gasteiger partial charge is 0.232 e. The van der Waals surface area contributed by atoms with E-state index in [0.29, 0.717) is 23.5 Å². The van der Waals surface area contributed by atoms with Crippen LogP contribution >= 0.6 is 12.2 Å². The van der Waals surface area contributed by atoms with Gasteiger partial charge in [-0.1, -0.05) is 37.7 Å². The van der Waals surface area contributed by atoms with E-state index >= 15 is 0 Å². The molecule has 0 aromatic heterocycles. The number of sulfonamides is 1. The van der Waals surface area contributed by atoms with Gasteiger partial charge in [0.25, 0.3) is 0 Å². The van der Waals surface area contributed by atoms with Crippen LogP contribution < -0.4 is 10.5 Å². The largest absolute Gasteiger partial charge is 0.393 e. The van der Waals surface area contributed by atoms with Crippen LogP contribution in [0.3, 0.4) is 0 Å². The van der Waals surface area contributed by atoms with E-state index in [1.807, 2.05) is 19.1 Å². The Hall–Kier alpha value is -1.14. The summed E-state index contributed by atoms with van der Waals surface area (Å²) in [7, 11) is -3.23. The van der Waals surface area contributed by atoms with Crippen LogP contribution in [-0.4, -0.2) is 19.2 Å². The van der Waals surface area contributed by atoms with Crippen molar-refractivity contribution in [1.82, 2.24) is 0 Å². The number of hydrogen-bond donors (Lipinski definition) is 2. The summed E-state index contributed by atoms with van der Waals surface area (Å²) >= 11 is 4.81. The molecular formula is C12H18N2O2S2. The molecule has 0 radical (unpaired) electrons. The summed E-state index contributed by atoms with van der Waals surface area (Å²) < 4.78 is 25.9. The van der Waals surface area contributed by atoms with Gasteiger partial charge in [-0.25, -0.2) is 8.42 Å². The van der Waals surface area contributed by atoms with E-state index in [-0.39, 0.29) is 5.75 Å². The van der Waals surface area contributed by atoms with Crippen molar-refractivity contribution in [3.8, 4) is 0 Å². The van der Waals surface area contributed by atoms with Gasteiger partial charge >= 0.3 is 0 Å². The highest BCUT2D eigenvalue weighted by Crippen LogP contribution is 2.12. The van der Waals surface area contributed by atoms with Crippen LogP contribution in [0.15, 0.2) is 24.3 Å². The first kappa shape index (κ1) is 14.9. The Morgan fingerprint density at radius 2 is 1.94 bits per heavy atom. The van der Waals surface area contributed by atoms with E-state index in [1.165, 1.54) is 0 Å². The zero-order valence-corrected chi connectivity index (χ0v) is 12.0. The van der Waals surface area contributed by atoms with Crippen LogP contribution in [-0.2, 0) is 16.4 Å². The summed E-state index contributed by atoms with van der Waals surface area (Å²) in [5.41, 5.74) is 6.98. The summed E-state index contributed by atoms with van der Waals surface area (Å²) in [6.07, 6.45) is 2.04. The van der Waals surface area contributed by atoms with Crippen molar-refractivity contribution in [3.63, 3.8) is 0 Å². The maximum absolute atomic E-state index is 11.7. The monoisotopic (exact) mass is 286 g/mol. The predicted octanol–water partition coefficient (Wildman–Crippen LogP) is 2.06. The van der Waals surface area contributed by atoms with Crippen molar-refractivity contribution in [2.24, 2.45) is 5.73 Å². The molecule has 0 atom stereocenters.